The van der Waals surface area contributed by atoms with Gasteiger partial charge in [0.25, 0.3) is 0 Å². The molecule has 2 fully saturated rings. The summed E-state index contributed by atoms with van der Waals surface area (Å²) in [6, 6.07) is 2.35. The molecular weight excluding hydrogens is 296 g/mol. The number of rotatable bonds is 2. The van der Waals surface area contributed by atoms with Crippen molar-refractivity contribution in [3.8, 4) is 6.07 Å². The summed E-state index contributed by atoms with van der Waals surface area (Å²) in [6.45, 7) is 5.00. The van der Waals surface area contributed by atoms with Crippen molar-refractivity contribution in [3.05, 3.63) is 11.1 Å². The molecule has 0 bridgehead atoms. The van der Waals surface area contributed by atoms with Gasteiger partial charge in [-0.25, -0.2) is 4.98 Å². The van der Waals surface area contributed by atoms with Crippen LogP contribution in [0.25, 0.3) is 0 Å². The molecule has 6 heteroatoms. The summed E-state index contributed by atoms with van der Waals surface area (Å²) in [7, 11) is 0. The summed E-state index contributed by atoms with van der Waals surface area (Å²) in [6.07, 6.45) is 4.60. The number of nitrogens with zero attached hydrogens (tertiary/aromatic N) is 4. The maximum absolute atomic E-state index is 12.8. The zero-order chi connectivity index (χ0) is 15.6. The molecule has 1 aromatic heterocycles. The highest BCUT2D eigenvalue weighted by molar-refractivity contribution is 7.13. The summed E-state index contributed by atoms with van der Waals surface area (Å²) in [5.41, 5.74) is 0.294. The first-order valence-corrected chi connectivity index (χ1v) is 8.90. The van der Waals surface area contributed by atoms with Crippen molar-refractivity contribution in [2.45, 2.75) is 39.0 Å². The van der Waals surface area contributed by atoms with Crippen LogP contribution in [0.1, 0.15) is 37.8 Å². The number of anilines is 1. The summed E-state index contributed by atoms with van der Waals surface area (Å²) < 4.78 is 0. The first kappa shape index (κ1) is 15.3. The summed E-state index contributed by atoms with van der Waals surface area (Å²) in [4.78, 5) is 21.5. The molecule has 2 heterocycles. The molecule has 0 radical (unpaired) electrons. The van der Waals surface area contributed by atoms with Crippen LogP contribution in [0.5, 0.6) is 0 Å². The molecule has 3 rings (SSSR count). The first-order chi connectivity index (χ1) is 10.6. The van der Waals surface area contributed by atoms with Gasteiger partial charge in [-0.15, -0.1) is 11.3 Å². The molecule has 118 valence electrons. The number of carbonyl (C=O) groups is 1. The SMILES string of the molecule is Cc1csc(N2CCN(C(=O)C3(C#N)CCCCC3)CC2)n1. The van der Waals surface area contributed by atoms with Gasteiger partial charge < -0.3 is 9.80 Å². The molecule has 1 saturated carbocycles. The number of aryl methyl sites for hydroxylation is 1. The van der Waals surface area contributed by atoms with Crippen LogP contribution in [-0.2, 0) is 4.79 Å². The van der Waals surface area contributed by atoms with Gasteiger partial charge in [-0.05, 0) is 19.8 Å². The first-order valence-electron chi connectivity index (χ1n) is 8.02. The smallest absolute Gasteiger partial charge is 0.243 e. The van der Waals surface area contributed by atoms with Crippen molar-refractivity contribution < 1.29 is 4.79 Å². The van der Waals surface area contributed by atoms with Gasteiger partial charge in [0, 0.05) is 31.6 Å². The number of piperazine rings is 1. The lowest BCUT2D eigenvalue weighted by Crippen LogP contribution is -2.53. The van der Waals surface area contributed by atoms with E-state index in [4.69, 9.17) is 0 Å². The molecule has 0 N–H and O–H groups in total. The third kappa shape index (κ3) is 2.82. The second-order valence-electron chi connectivity index (χ2n) is 6.31. The number of carbonyl (C=O) groups excluding carboxylic acids is 1. The Kier molecular flexibility index (Phi) is 4.34. The van der Waals surface area contributed by atoms with Gasteiger partial charge in [-0.3, -0.25) is 4.79 Å². The van der Waals surface area contributed by atoms with Gasteiger partial charge in [0.05, 0.1) is 11.8 Å². The van der Waals surface area contributed by atoms with Crippen LogP contribution in [0.2, 0.25) is 0 Å². The summed E-state index contributed by atoms with van der Waals surface area (Å²) in [5, 5.41) is 12.7. The number of aromatic nitrogens is 1. The number of hydrogen-bond acceptors (Lipinski definition) is 5. The topological polar surface area (TPSA) is 60.2 Å². The van der Waals surface area contributed by atoms with Gasteiger partial charge in [0.1, 0.15) is 5.41 Å². The fraction of sp³-hybridized carbons (Fsp3) is 0.688. The minimum absolute atomic E-state index is 0.0599. The Bertz CT molecular complexity index is 577. The molecule has 0 atom stereocenters. The Morgan fingerprint density at radius 3 is 2.50 bits per heavy atom. The maximum atomic E-state index is 12.8. The molecular formula is C16H22N4OS. The van der Waals surface area contributed by atoms with Crippen molar-refractivity contribution in [3.63, 3.8) is 0 Å². The monoisotopic (exact) mass is 318 g/mol. The average Bonchev–Trinajstić information content (AvgIpc) is 3.01. The Morgan fingerprint density at radius 1 is 1.27 bits per heavy atom. The van der Waals surface area contributed by atoms with Gasteiger partial charge in [-0.1, -0.05) is 19.3 Å². The van der Waals surface area contributed by atoms with E-state index in [1.807, 2.05) is 11.8 Å². The number of hydrogen-bond donors (Lipinski definition) is 0. The normalized spacial score (nSPS) is 21.5. The highest BCUT2D eigenvalue weighted by Crippen LogP contribution is 2.37. The lowest BCUT2D eigenvalue weighted by atomic mass is 9.74. The van der Waals surface area contributed by atoms with E-state index < -0.39 is 5.41 Å². The van der Waals surface area contributed by atoms with Gasteiger partial charge >= 0.3 is 0 Å². The second-order valence-corrected chi connectivity index (χ2v) is 7.14. The van der Waals surface area contributed by atoms with Crippen LogP contribution in [0.15, 0.2) is 5.38 Å². The van der Waals surface area contributed by atoms with Gasteiger partial charge in [0.2, 0.25) is 5.91 Å². The molecule has 2 aliphatic rings. The third-order valence-electron chi connectivity index (χ3n) is 4.77. The highest BCUT2D eigenvalue weighted by atomic mass is 32.1. The Hall–Kier alpha value is -1.61. The quantitative estimate of drug-likeness (QED) is 0.841. The van der Waals surface area contributed by atoms with E-state index in [9.17, 15) is 10.1 Å². The molecule has 5 nitrogen and oxygen atoms in total. The van der Waals surface area contributed by atoms with E-state index in [2.05, 4.69) is 21.3 Å². The highest BCUT2D eigenvalue weighted by Gasteiger charge is 2.43. The predicted octanol–water partition coefficient (Wildman–Crippen LogP) is 2.57. The van der Waals surface area contributed by atoms with E-state index >= 15 is 0 Å². The van der Waals surface area contributed by atoms with Crippen molar-refractivity contribution >= 4 is 22.4 Å². The Balaban J connectivity index is 1.63. The van der Waals surface area contributed by atoms with Crippen LogP contribution in [0.3, 0.4) is 0 Å². The van der Waals surface area contributed by atoms with E-state index in [0.29, 0.717) is 13.1 Å². The molecule has 1 aliphatic carbocycles. The number of amides is 1. The van der Waals surface area contributed by atoms with E-state index in [-0.39, 0.29) is 5.91 Å². The second kappa shape index (κ2) is 6.25. The fourth-order valence-electron chi connectivity index (χ4n) is 3.42. The van der Waals surface area contributed by atoms with Crippen LogP contribution < -0.4 is 4.90 Å². The third-order valence-corrected chi connectivity index (χ3v) is 5.79. The molecule has 1 aliphatic heterocycles. The number of nitriles is 1. The van der Waals surface area contributed by atoms with Crippen LogP contribution in [-0.4, -0.2) is 42.0 Å². The molecule has 1 amide bonds. The molecule has 22 heavy (non-hydrogen) atoms. The van der Waals surface area contributed by atoms with Crippen LogP contribution in [0.4, 0.5) is 5.13 Å². The molecule has 1 saturated heterocycles. The lowest BCUT2D eigenvalue weighted by molar-refractivity contribution is -0.140. The van der Waals surface area contributed by atoms with Crippen molar-refractivity contribution in [2.24, 2.45) is 5.41 Å². The maximum Gasteiger partial charge on any atom is 0.243 e. The van der Waals surface area contributed by atoms with E-state index in [0.717, 1.165) is 56.0 Å². The zero-order valence-corrected chi connectivity index (χ0v) is 13.9. The fourth-order valence-corrected chi connectivity index (χ4v) is 4.28. The van der Waals surface area contributed by atoms with Crippen LogP contribution >= 0.6 is 11.3 Å². The van der Waals surface area contributed by atoms with Crippen molar-refractivity contribution in [1.82, 2.24) is 9.88 Å². The lowest BCUT2D eigenvalue weighted by Gasteiger charge is -2.39. The number of thiazole rings is 1. The zero-order valence-electron chi connectivity index (χ0n) is 13.0. The molecule has 0 spiro atoms. The predicted molar refractivity (Wildman–Crippen MR) is 86.8 cm³/mol. The van der Waals surface area contributed by atoms with Gasteiger partial charge in [0.15, 0.2) is 5.13 Å². The minimum Gasteiger partial charge on any atom is -0.345 e. The van der Waals surface area contributed by atoms with E-state index in [1.165, 1.54) is 0 Å². The minimum atomic E-state index is -0.752. The van der Waals surface area contributed by atoms with Crippen LogP contribution in [0, 0.1) is 23.7 Å². The van der Waals surface area contributed by atoms with Crippen molar-refractivity contribution in [2.75, 3.05) is 31.1 Å². The van der Waals surface area contributed by atoms with Gasteiger partial charge in [-0.2, -0.15) is 5.26 Å². The Morgan fingerprint density at radius 2 is 1.95 bits per heavy atom. The van der Waals surface area contributed by atoms with E-state index in [1.54, 1.807) is 11.3 Å². The summed E-state index contributed by atoms with van der Waals surface area (Å²) >= 11 is 1.66. The average molecular weight is 318 g/mol. The van der Waals surface area contributed by atoms with Crippen molar-refractivity contribution in [1.29, 1.82) is 5.26 Å². The standard InChI is InChI=1S/C16H22N4OS/c1-13-11-22-15(18-13)20-9-7-19(8-10-20)14(21)16(12-17)5-3-2-4-6-16/h11H,2-10H2,1H3. The largest absolute Gasteiger partial charge is 0.345 e. The molecule has 0 unspecified atom stereocenters. The molecule has 1 aromatic rings. The molecule has 0 aromatic carbocycles. The Labute approximate surface area is 135 Å². The summed E-state index contributed by atoms with van der Waals surface area (Å²) in [5.74, 6) is 0.0599.